The van der Waals surface area contributed by atoms with Gasteiger partial charge in [-0.15, -0.1) is 0 Å². The second-order valence-corrected chi connectivity index (χ2v) is 8.96. The molecule has 7 nitrogen and oxygen atoms in total. The van der Waals surface area contributed by atoms with Crippen molar-refractivity contribution in [3.05, 3.63) is 88.7 Å². The zero-order valence-corrected chi connectivity index (χ0v) is 18.8. The van der Waals surface area contributed by atoms with Crippen molar-refractivity contribution >= 4 is 46.2 Å². The number of carbonyl (C=O) groups excluding carboxylic acids is 2. The van der Waals surface area contributed by atoms with Gasteiger partial charge in [0.25, 0.3) is 5.91 Å². The number of nitrogens with zero attached hydrogens (tertiary/aromatic N) is 2. The largest absolute Gasteiger partial charge is 0.593 e. The number of pyridine rings is 1. The van der Waals surface area contributed by atoms with Gasteiger partial charge in [-0.1, -0.05) is 29.8 Å². The molecule has 32 heavy (non-hydrogen) atoms. The van der Waals surface area contributed by atoms with Gasteiger partial charge >= 0.3 is 0 Å². The van der Waals surface area contributed by atoms with Crippen molar-refractivity contribution in [1.82, 2.24) is 9.88 Å². The molecule has 1 aliphatic rings. The van der Waals surface area contributed by atoms with E-state index in [9.17, 15) is 14.1 Å². The SMILES string of the molecule is C[S+]([O-])Nc1ccc(CN2C(=O)c3ccc(Cl)cc3NC(=O)C2Cc2ccccn2)cc1. The number of amides is 2. The van der Waals surface area contributed by atoms with Gasteiger partial charge in [0.1, 0.15) is 12.3 Å². The van der Waals surface area contributed by atoms with Gasteiger partial charge in [-0.25, -0.2) is 4.72 Å². The molecule has 0 bridgehead atoms. The number of rotatable bonds is 6. The number of aromatic nitrogens is 1. The quantitative estimate of drug-likeness (QED) is 0.538. The Kier molecular flexibility index (Phi) is 6.64. The van der Waals surface area contributed by atoms with E-state index in [0.717, 1.165) is 5.56 Å². The van der Waals surface area contributed by atoms with E-state index < -0.39 is 17.4 Å². The summed E-state index contributed by atoms with van der Waals surface area (Å²) in [7, 11) is 0. The van der Waals surface area contributed by atoms with Crippen LogP contribution in [0.1, 0.15) is 21.6 Å². The Morgan fingerprint density at radius 2 is 1.94 bits per heavy atom. The highest BCUT2D eigenvalue weighted by Crippen LogP contribution is 2.28. The number of hydrogen-bond donors (Lipinski definition) is 2. The summed E-state index contributed by atoms with van der Waals surface area (Å²) in [6.45, 7) is 0.224. The fourth-order valence-electron chi connectivity index (χ4n) is 3.60. The van der Waals surface area contributed by atoms with Crippen molar-refractivity contribution in [2.45, 2.75) is 19.0 Å². The van der Waals surface area contributed by atoms with Gasteiger partial charge in [0.05, 0.1) is 28.3 Å². The number of benzene rings is 2. The lowest BCUT2D eigenvalue weighted by molar-refractivity contribution is -0.120. The normalized spacial score (nSPS) is 16.7. The van der Waals surface area contributed by atoms with Crippen molar-refractivity contribution in [1.29, 1.82) is 0 Å². The van der Waals surface area contributed by atoms with Gasteiger partial charge in [0, 0.05) is 29.9 Å². The Morgan fingerprint density at radius 3 is 2.62 bits per heavy atom. The number of nitrogens with one attached hydrogen (secondary N) is 2. The molecule has 0 fully saturated rings. The molecule has 2 amide bonds. The molecule has 2 N–H and O–H groups in total. The minimum atomic E-state index is -1.18. The highest BCUT2D eigenvalue weighted by atomic mass is 35.5. The van der Waals surface area contributed by atoms with Crippen LogP contribution in [-0.2, 0) is 29.1 Å². The van der Waals surface area contributed by atoms with Crippen LogP contribution in [0.3, 0.4) is 0 Å². The summed E-state index contributed by atoms with van der Waals surface area (Å²) in [5.74, 6) is -0.572. The van der Waals surface area contributed by atoms with Gasteiger partial charge in [-0.3, -0.25) is 14.6 Å². The van der Waals surface area contributed by atoms with Crippen molar-refractivity contribution in [3.8, 4) is 0 Å². The van der Waals surface area contributed by atoms with Gasteiger partial charge in [0.15, 0.2) is 0 Å². The van der Waals surface area contributed by atoms with Crippen LogP contribution in [0.4, 0.5) is 11.4 Å². The smallest absolute Gasteiger partial charge is 0.256 e. The van der Waals surface area contributed by atoms with Crippen LogP contribution >= 0.6 is 11.6 Å². The van der Waals surface area contributed by atoms with E-state index in [1.165, 1.54) is 0 Å². The first-order chi connectivity index (χ1) is 15.4. The monoisotopic (exact) mass is 468 g/mol. The van der Waals surface area contributed by atoms with E-state index in [1.807, 2.05) is 24.3 Å². The Bertz CT molecular complexity index is 1130. The number of hydrogen-bond acceptors (Lipinski definition) is 5. The molecule has 0 saturated heterocycles. The minimum absolute atomic E-state index is 0.224. The zero-order valence-electron chi connectivity index (χ0n) is 17.2. The Labute approximate surface area is 194 Å². The molecule has 0 spiro atoms. The van der Waals surface area contributed by atoms with Gasteiger partial charge in [0.2, 0.25) is 5.91 Å². The Hall–Kier alpha value is -3.07. The average Bonchev–Trinajstić information content (AvgIpc) is 2.85. The Balaban J connectivity index is 1.68. The molecule has 9 heteroatoms. The molecule has 2 heterocycles. The average molecular weight is 469 g/mol. The first kappa shape index (κ1) is 22.1. The molecule has 0 radical (unpaired) electrons. The molecular weight excluding hydrogens is 448 g/mol. The molecule has 164 valence electrons. The second-order valence-electron chi connectivity index (χ2n) is 7.41. The van der Waals surface area contributed by atoms with Crippen molar-refractivity contribution in [2.24, 2.45) is 0 Å². The van der Waals surface area contributed by atoms with Crippen molar-refractivity contribution in [2.75, 3.05) is 16.3 Å². The topological polar surface area (TPSA) is 97.4 Å². The summed E-state index contributed by atoms with van der Waals surface area (Å²) < 4.78 is 14.2. The summed E-state index contributed by atoms with van der Waals surface area (Å²) in [5, 5.41) is 3.29. The maximum absolute atomic E-state index is 13.5. The zero-order chi connectivity index (χ0) is 22.7. The fraction of sp³-hybridized carbons (Fsp3) is 0.174. The molecule has 2 atom stereocenters. The molecular formula is C23H21ClN4O3S. The van der Waals surface area contributed by atoms with Crippen LogP contribution in [0.15, 0.2) is 66.9 Å². The number of carbonyl (C=O) groups is 2. The van der Waals surface area contributed by atoms with Crippen molar-refractivity contribution < 1.29 is 14.1 Å². The lowest BCUT2D eigenvalue weighted by atomic mass is 10.1. The first-order valence-electron chi connectivity index (χ1n) is 9.91. The number of anilines is 2. The molecule has 1 aliphatic heterocycles. The number of halogens is 1. The molecule has 3 aromatic rings. The summed E-state index contributed by atoms with van der Waals surface area (Å²) in [6, 6.07) is 16.8. The maximum Gasteiger partial charge on any atom is 0.256 e. The van der Waals surface area contributed by atoms with Crippen LogP contribution in [0.2, 0.25) is 5.02 Å². The molecule has 2 aromatic carbocycles. The summed E-state index contributed by atoms with van der Waals surface area (Å²) >= 11 is 4.91. The van der Waals surface area contributed by atoms with E-state index in [1.54, 1.807) is 53.8 Å². The van der Waals surface area contributed by atoms with E-state index in [4.69, 9.17) is 11.6 Å². The van der Waals surface area contributed by atoms with Crippen LogP contribution in [-0.4, -0.2) is 38.5 Å². The second kappa shape index (κ2) is 9.60. The summed E-state index contributed by atoms with van der Waals surface area (Å²) in [6.07, 6.45) is 3.48. The highest BCUT2D eigenvalue weighted by molar-refractivity contribution is 7.92. The maximum atomic E-state index is 13.5. The Morgan fingerprint density at radius 1 is 1.16 bits per heavy atom. The van der Waals surface area contributed by atoms with E-state index in [-0.39, 0.29) is 24.8 Å². The molecule has 1 aromatic heterocycles. The third-order valence-corrected chi connectivity index (χ3v) is 5.86. The van der Waals surface area contributed by atoms with E-state index >= 15 is 0 Å². The van der Waals surface area contributed by atoms with Crippen LogP contribution in [0, 0.1) is 0 Å². The standard InChI is InChI=1S/C23H21ClN4O3S/c1-32(31)27-17-8-5-15(6-9-17)14-28-21(13-18-4-2-3-11-25-18)22(29)26-20-12-16(24)7-10-19(20)23(28)30/h2-12,21,27H,13-14H2,1H3,(H,26,29). The van der Waals surface area contributed by atoms with Gasteiger partial charge in [-0.2, -0.15) is 0 Å². The highest BCUT2D eigenvalue weighted by Gasteiger charge is 2.35. The lowest BCUT2D eigenvalue weighted by Crippen LogP contribution is -2.46. The van der Waals surface area contributed by atoms with Gasteiger partial charge in [-0.05, 0) is 48.0 Å². The van der Waals surface area contributed by atoms with E-state index in [0.29, 0.717) is 27.7 Å². The fourth-order valence-corrected chi connectivity index (χ4v) is 4.24. The van der Waals surface area contributed by atoms with Crippen LogP contribution in [0.25, 0.3) is 0 Å². The molecule has 0 saturated carbocycles. The molecule has 0 aliphatic carbocycles. The predicted molar refractivity (Wildman–Crippen MR) is 126 cm³/mol. The number of fused-ring (bicyclic) bond motifs is 1. The van der Waals surface area contributed by atoms with Crippen LogP contribution < -0.4 is 10.0 Å². The molecule has 2 unspecified atom stereocenters. The summed E-state index contributed by atoms with van der Waals surface area (Å²) in [4.78, 5) is 32.6. The molecule has 4 rings (SSSR count). The third-order valence-electron chi connectivity index (χ3n) is 5.11. The minimum Gasteiger partial charge on any atom is -0.593 e. The lowest BCUT2D eigenvalue weighted by Gasteiger charge is -2.28. The summed E-state index contributed by atoms with van der Waals surface area (Å²) in [5.41, 5.74) is 3.03. The van der Waals surface area contributed by atoms with Crippen molar-refractivity contribution in [3.63, 3.8) is 0 Å². The third kappa shape index (κ3) is 5.04. The predicted octanol–water partition coefficient (Wildman–Crippen LogP) is 3.65. The van der Waals surface area contributed by atoms with Crippen LogP contribution in [0.5, 0.6) is 0 Å². The van der Waals surface area contributed by atoms with E-state index in [2.05, 4.69) is 15.0 Å². The first-order valence-corrected chi connectivity index (χ1v) is 11.8. The van der Waals surface area contributed by atoms with Gasteiger partial charge < -0.3 is 14.8 Å².